The number of carbonyl (C=O) groups excluding carboxylic acids is 2. The average Bonchev–Trinajstić information content (AvgIpc) is 3.16. The van der Waals surface area contributed by atoms with Gasteiger partial charge in [-0.25, -0.2) is 9.18 Å². The summed E-state index contributed by atoms with van der Waals surface area (Å²) in [7, 11) is 0. The maximum Gasteiger partial charge on any atom is 0.322 e. The lowest BCUT2D eigenvalue weighted by atomic mass is 9.90. The number of carbonyl (C=O) groups is 2. The van der Waals surface area contributed by atoms with Crippen LogP contribution in [0.5, 0.6) is 0 Å². The summed E-state index contributed by atoms with van der Waals surface area (Å²) in [6.45, 7) is 2.70. The molecule has 0 bridgehead atoms. The number of hydrogen-bond acceptors (Lipinski definition) is 4. The molecule has 2 aromatic rings. The van der Waals surface area contributed by atoms with Crippen LogP contribution in [0.2, 0.25) is 0 Å². The lowest BCUT2D eigenvalue weighted by molar-refractivity contribution is -0.0694. The monoisotopic (exact) mass is 401 g/mol. The van der Waals surface area contributed by atoms with Crippen molar-refractivity contribution in [2.45, 2.75) is 44.8 Å². The van der Waals surface area contributed by atoms with E-state index in [1.54, 1.807) is 6.92 Å². The Labute approximate surface area is 168 Å². The number of rotatable bonds is 3. The van der Waals surface area contributed by atoms with Crippen molar-refractivity contribution in [2.24, 2.45) is 0 Å². The summed E-state index contributed by atoms with van der Waals surface area (Å²) in [6, 6.07) is 5.47. The molecule has 2 atom stereocenters. The first-order valence-corrected chi connectivity index (χ1v) is 9.87. The van der Waals surface area contributed by atoms with Gasteiger partial charge in [0.1, 0.15) is 11.6 Å². The average molecular weight is 401 g/mol. The Morgan fingerprint density at radius 3 is 2.79 bits per heavy atom. The van der Waals surface area contributed by atoms with Crippen LogP contribution < -0.4 is 10.6 Å². The normalized spacial score (nSPS) is 21.4. The van der Waals surface area contributed by atoms with E-state index in [9.17, 15) is 14.0 Å². The summed E-state index contributed by atoms with van der Waals surface area (Å²) >= 11 is 0. The Bertz CT molecular complexity index is 911. The molecule has 2 heterocycles. The molecule has 1 aliphatic heterocycles. The Morgan fingerprint density at radius 1 is 1.17 bits per heavy atom. The van der Waals surface area contributed by atoms with Gasteiger partial charge in [0.2, 0.25) is 0 Å². The van der Waals surface area contributed by atoms with Gasteiger partial charge in [0.25, 0.3) is 5.91 Å². The molecule has 154 valence electrons. The zero-order valence-corrected chi connectivity index (χ0v) is 16.2. The highest BCUT2D eigenvalue weighted by molar-refractivity contribution is 6.05. The number of fused-ring (bicyclic) bond motifs is 1. The number of halogens is 1. The minimum absolute atomic E-state index is 0.00841. The van der Waals surface area contributed by atoms with E-state index in [2.05, 4.69) is 10.6 Å². The summed E-state index contributed by atoms with van der Waals surface area (Å²) in [5.74, 6) is -0.616. The van der Waals surface area contributed by atoms with Gasteiger partial charge in [-0.2, -0.15) is 0 Å². The smallest absolute Gasteiger partial charge is 0.322 e. The Balaban J connectivity index is 1.46. The van der Waals surface area contributed by atoms with E-state index in [1.165, 1.54) is 30.5 Å². The number of ether oxygens (including phenoxy) is 1. The van der Waals surface area contributed by atoms with E-state index in [0.29, 0.717) is 30.2 Å². The van der Waals surface area contributed by atoms with E-state index in [-0.39, 0.29) is 23.9 Å². The third-order valence-electron chi connectivity index (χ3n) is 5.56. The van der Waals surface area contributed by atoms with Crippen molar-refractivity contribution in [2.75, 3.05) is 23.8 Å². The number of nitrogens with zero attached hydrogens (tertiary/aromatic N) is 1. The van der Waals surface area contributed by atoms with E-state index < -0.39 is 11.7 Å². The molecule has 3 amide bonds. The van der Waals surface area contributed by atoms with Gasteiger partial charge in [0.05, 0.1) is 36.3 Å². The fourth-order valence-corrected chi connectivity index (χ4v) is 4.05. The maximum atomic E-state index is 14.2. The summed E-state index contributed by atoms with van der Waals surface area (Å²) in [6.07, 6.45) is 5.58. The highest BCUT2D eigenvalue weighted by atomic mass is 19.1. The molecule has 1 aromatic heterocycles. The van der Waals surface area contributed by atoms with Gasteiger partial charge in [0, 0.05) is 12.2 Å². The fourth-order valence-electron chi connectivity index (χ4n) is 4.05. The van der Waals surface area contributed by atoms with Crippen molar-refractivity contribution in [3.05, 3.63) is 47.7 Å². The van der Waals surface area contributed by atoms with Crippen LogP contribution in [0.15, 0.2) is 34.9 Å². The molecule has 0 unspecified atom stereocenters. The second-order valence-electron chi connectivity index (χ2n) is 7.42. The lowest BCUT2D eigenvalue weighted by Crippen LogP contribution is -2.55. The Morgan fingerprint density at radius 2 is 2.00 bits per heavy atom. The number of aryl methyl sites for hydroxylation is 1. The molecule has 0 radical (unpaired) electrons. The molecule has 4 rings (SSSR count). The molecule has 2 aliphatic rings. The third-order valence-corrected chi connectivity index (χ3v) is 5.56. The third kappa shape index (κ3) is 4.12. The van der Waals surface area contributed by atoms with Gasteiger partial charge >= 0.3 is 6.03 Å². The zero-order valence-electron chi connectivity index (χ0n) is 16.2. The lowest BCUT2D eigenvalue weighted by Gasteiger charge is -2.43. The van der Waals surface area contributed by atoms with Gasteiger partial charge < -0.3 is 24.7 Å². The van der Waals surface area contributed by atoms with Crippen molar-refractivity contribution < 1.29 is 23.1 Å². The van der Waals surface area contributed by atoms with Crippen LogP contribution in [0.3, 0.4) is 0 Å². The predicted octanol–water partition coefficient (Wildman–Crippen LogP) is 4.15. The van der Waals surface area contributed by atoms with E-state index in [4.69, 9.17) is 9.15 Å². The minimum atomic E-state index is -0.587. The van der Waals surface area contributed by atoms with Crippen LogP contribution >= 0.6 is 0 Å². The summed E-state index contributed by atoms with van der Waals surface area (Å²) in [5, 5.41) is 5.36. The highest BCUT2D eigenvalue weighted by Crippen LogP contribution is 2.29. The molecule has 0 spiro atoms. The van der Waals surface area contributed by atoms with Crippen molar-refractivity contribution in [1.29, 1.82) is 0 Å². The number of nitrogens with one attached hydrogen (secondary N) is 2. The SMILES string of the molecule is Cc1occc1C(=O)Nc1cc(NC(=O)N2CCO[C@@H]3CCCC[C@H]32)ccc1F. The van der Waals surface area contributed by atoms with Crippen LogP contribution in [0.1, 0.15) is 41.8 Å². The number of urea groups is 1. The van der Waals surface area contributed by atoms with E-state index in [0.717, 1.165) is 25.7 Å². The second-order valence-corrected chi connectivity index (χ2v) is 7.42. The van der Waals surface area contributed by atoms with Gasteiger partial charge in [0.15, 0.2) is 0 Å². The summed E-state index contributed by atoms with van der Waals surface area (Å²) in [5.41, 5.74) is 0.732. The quantitative estimate of drug-likeness (QED) is 0.809. The maximum absolute atomic E-state index is 14.2. The minimum Gasteiger partial charge on any atom is -0.469 e. The van der Waals surface area contributed by atoms with Crippen LogP contribution in [0.25, 0.3) is 0 Å². The van der Waals surface area contributed by atoms with Gasteiger partial charge in [-0.3, -0.25) is 4.79 Å². The topological polar surface area (TPSA) is 83.8 Å². The molecule has 7 nitrogen and oxygen atoms in total. The number of amides is 3. The summed E-state index contributed by atoms with van der Waals surface area (Å²) < 4.78 is 25.1. The van der Waals surface area contributed by atoms with Gasteiger partial charge in [-0.1, -0.05) is 12.8 Å². The molecule has 1 aromatic carbocycles. The number of anilines is 2. The number of furan rings is 1. The molecule has 8 heteroatoms. The zero-order chi connectivity index (χ0) is 20.4. The molecule has 1 saturated carbocycles. The largest absolute Gasteiger partial charge is 0.469 e. The number of benzene rings is 1. The van der Waals surface area contributed by atoms with Crippen LogP contribution in [0, 0.1) is 12.7 Å². The van der Waals surface area contributed by atoms with E-state index in [1.807, 2.05) is 4.90 Å². The van der Waals surface area contributed by atoms with Crippen molar-refractivity contribution in [1.82, 2.24) is 4.90 Å². The first kappa shape index (κ1) is 19.4. The molecule has 29 heavy (non-hydrogen) atoms. The van der Waals surface area contributed by atoms with Crippen molar-refractivity contribution in [3.63, 3.8) is 0 Å². The molecule has 1 saturated heterocycles. The number of hydrogen-bond donors (Lipinski definition) is 2. The first-order valence-electron chi connectivity index (χ1n) is 9.87. The molecule has 2 N–H and O–H groups in total. The molecule has 1 aliphatic carbocycles. The molecule has 2 fully saturated rings. The second kappa shape index (κ2) is 8.24. The fraction of sp³-hybridized carbons (Fsp3) is 0.429. The number of morpholine rings is 1. The highest BCUT2D eigenvalue weighted by Gasteiger charge is 2.36. The van der Waals surface area contributed by atoms with E-state index >= 15 is 0 Å². The van der Waals surface area contributed by atoms with Crippen molar-refractivity contribution >= 4 is 23.3 Å². The summed E-state index contributed by atoms with van der Waals surface area (Å²) in [4.78, 5) is 27.0. The Kier molecular flexibility index (Phi) is 5.53. The molecular weight excluding hydrogens is 377 g/mol. The van der Waals surface area contributed by atoms with Gasteiger partial charge in [-0.05, 0) is 44.0 Å². The Hall–Kier alpha value is -2.87. The predicted molar refractivity (Wildman–Crippen MR) is 106 cm³/mol. The van der Waals surface area contributed by atoms with Crippen LogP contribution in [-0.4, -0.2) is 42.1 Å². The van der Waals surface area contributed by atoms with Crippen LogP contribution in [0.4, 0.5) is 20.6 Å². The first-order chi connectivity index (χ1) is 14.0. The standard InChI is InChI=1S/C21H24FN3O4/c1-13-15(8-10-28-13)20(26)24-17-12-14(6-7-16(17)22)23-21(27)25-9-11-29-19-5-3-2-4-18(19)25/h6-8,10,12,18-19H,2-5,9,11H2,1H3,(H,23,27)(H,24,26)/t18-,19-/m1/s1. The van der Waals surface area contributed by atoms with Crippen LogP contribution in [-0.2, 0) is 4.74 Å². The van der Waals surface area contributed by atoms with Gasteiger partial charge in [-0.15, -0.1) is 0 Å². The van der Waals surface area contributed by atoms with Crippen molar-refractivity contribution in [3.8, 4) is 0 Å². The molecular formula is C21H24FN3O4.